The Balaban J connectivity index is 2.51. The van der Waals surface area contributed by atoms with Crippen LogP contribution in [0, 0.1) is 0 Å². The molecule has 0 aliphatic carbocycles. The maximum absolute atomic E-state index is 12.9. The minimum atomic E-state index is -0.212. The molecule has 2 amide bonds. The van der Waals surface area contributed by atoms with Gasteiger partial charge in [-0.25, -0.2) is 0 Å². The number of methoxy groups -OCH3 is 1. The SMILES string of the molecule is CCCCN1C(=O)C(SC(C)C)=C(c2ccccc2OC)C1=O. The van der Waals surface area contributed by atoms with E-state index in [1.807, 2.05) is 45.0 Å². The summed E-state index contributed by atoms with van der Waals surface area (Å²) in [6, 6.07) is 7.36. The summed E-state index contributed by atoms with van der Waals surface area (Å²) in [5, 5.41) is 0.220. The van der Waals surface area contributed by atoms with Gasteiger partial charge < -0.3 is 4.74 Å². The van der Waals surface area contributed by atoms with E-state index >= 15 is 0 Å². The van der Waals surface area contributed by atoms with Gasteiger partial charge in [0.2, 0.25) is 0 Å². The van der Waals surface area contributed by atoms with E-state index in [4.69, 9.17) is 4.74 Å². The molecule has 5 heteroatoms. The molecule has 0 aromatic heterocycles. The molecule has 0 spiro atoms. The molecule has 0 bridgehead atoms. The lowest BCUT2D eigenvalue weighted by molar-refractivity contribution is -0.136. The Morgan fingerprint density at radius 1 is 1.17 bits per heavy atom. The number of carbonyl (C=O) groups excluding carboxylic acids is 2. The smallest absolute Gasteiger partial charge is 0.267 e. The normalized spacial score (nSPS) is 15.1. The zero-order valence-corrected chi connectivity index (χ0v) is 14.9. The van der Waals surface area contributed by atoms with Crippen molar-refractivity contribution < 1.29 is 14.3 Å². The molecule has 1 aliphatic rings. The van der Waals surface area contributed by atoms with E-state index in [1.165, 1.54) is 16.7 Å². The van der Waals surface area contributed by atoms with Gasteiger partial charge in [0.25, 0.3) is 11.8 Å². The first-order valence-electron chi connectivity index (χ1n) is 7.91. The van der Waals surface area contributed by atoms with E-state index in [1.54, 1.807) is 7.11 Å². The number of thioether (sulfide) groups is 1. The zero-order valence-electron chi connectivity index (χ0n) is 14.1. The Kier molecular flexibility index (Phi) is 5.88. The molecule has 0 fully saturated rings. The van der Waals surface area contributed by atoms with Gasteiger partial charge in [-0.2, -0.15) is 0 Å². The lowest BCUT2D eigenvalue weighted by atomic mass is 10.1. The monoisotopic (exact) mass is 333 g/mol. The second-order valence-corrected chi connectivity index (χ2v) is 7.27. The van der Waals surface area contributed by atoms with Gasteiger partial charge in [-0.1, -0.05) is 45.4 Å². The zero-order chi connectivity index (χ0) is 17.0. The highest BCUT2D eigenvalue weighted by atomic mass is 32.2. The summed E-state index contributed by atoms with van der Waals surface area (Å²) in [6.07, 6.45) is 1.75. The van der Waals surface area contributed by atoms with E-state index < -0.39 is 0 Å². The number of para-hydroxylation sites is 1. The van der Waals surface area contributed by atoms with Crippen LogP contribution < -0.4 is 4.74 Å². The standard InChI is InChI=1S/C18H23NO3S/c1-5-6-11-19-17(20)15(16(18(19)21)23-12(2)3)13-9-7-8-10-14(13)22-4/h7-10,12H,5-6,11H2,1-4H3. The van der Waals surface area contributed by atoms with Crippen molar-refractivity contribution in [1.29, 1.82) is 0 Å². The minimum absolute atomic E-state index is 0.178. The Bertz CT molecular complexity index is 637. The van der Waals surface area contributed by atoms with Gasteiger partial charge in [0, 0.05) is 17.4 Å². The molecular weight excluding hydrogens is 310 g/mol. The van der Waals surface area contributed by atoms with Gasteiger partial charge in [-0.15, -0.1) is 11.8 Å². The summed E-state index contributed by atoms with van der Waals surface area (Å²) < 4.78 is 5.39. The van der Waals surface area contributed by atoms with Crippen LogP contribution in [0.25, 0.3) is 5.57 Å². The fraction of sp³-hybridized carbons (Fsp3) is 0.444. The second kappa shape index (κ2) is 7.68. The van der Waals surface area contributed by atoms with E-state index in [9.17, 15) is 9.59 Å². The summed E-state index contributed by atoms with van der Waals surface area (Å²) in [5.74, 6) is 0.224. The number of benzene rings is 1. The van der Waals surface area contributed by atoms with Crippen LogP contribution in [0.1, 0.15) is 39.2 Å². The third kappa shape index (κ3) is 3.61. The molecule has 23 heavy (non-hydrogen) atoms. The average Bonchev–Trinajstić information content (AvgIpc) is 2.75. The number of rotatable bonds is 7. The highest BCUT2D eigenvalue weighted by Crippen LogP contribution is 2.40. The van der Waals surface area contributed by atoms with Crippen LogP contribution in [-0.4, -0.2) is 35.6 Å². The first-order valence-corrected chi connectivity index (χ1v) is 8.79. The van der Waals surface area contributed by atoms with Crippen LogP contribution in [0.15, 0.2) is 29.2 Å². The summed E-state index contributed by atoms with van der Waals surface area (Å²) in [6.45, 7) is 6.55. The summed E-state index contributed by atoms with van der Waals surface area (Å²) in [4.78, 5) is 27.5. The van der Waals surface area contributed by atoms with Crippen molar-refractivity contribution in [2.75, 3.05) is 13.7 Å². The summed E-state index contributed by atoms with van der Waals surface area (Å²) in [7, 11) is 1.57. The number of unbranched alkanes of at least 4 members (excludes halogenated alkanes) is 1. The highest BCUT2D eigenvalue weighted by molar-refractivity contribution is 8.04. The number of carbonyl (C=O) groups is 2. The first kappa shape index (κ1) is 17.6. The molecule has 124 valence electrons. The van der Waals surface area contributed by atoms with Crippen molar-refractivity contribution in [2.24, 2.45) is 0 Å². The Labute approximate surface area is 141 Å². The molecule has 1 aromatic rings. The topological polar surface area (TPSA) is 46.6 Å². The predicted octanol–water partition coefficient (Wildman–Crippen LogP) is 3.72. The molecule has 1 aliphatic heterocycles. The molecule has 4 nitrogen and oxygen atoms in total. The number of hydrogen-bond donors (Lipinski definition) is 0. The number of amides is 2. The van der Waals surface area contributed by atoms with Crippen molar-refractivity contribution >= 4 is 29.1 Å². The lowest BCUT2D eigenvalue weighted by Gasteiger charge is -2.14. The second-order valence-electron chi connectivity index (χ2n) is 5.69. The van der Waals surface area contributed by atoms with Crippen molar-refractivity contribution in [3.63, 3.8) is 0 Å². The van der Waals surface area contributed by atoms with Crippen molar-refractivity contribution in [3.8, 4) is 5.75 Å². The van der Waals surface area contributed by atoms with Gasteiger partial charge >= 0.3 is 0 Å². The van der Waals surface area contributed by atoms with Gasteiger partial charge in [0.1, 0.15) is 5.75 Å². The molecule has 0 N–H and O–H groups in total. The molecule has 2 rings (SSSR count). The minimum Gasteiger partial charge on any atom is -0.496 e. The summed E-state index contributed by atoms with van der Waals surface area (Å²) in [5.41, 5.74) is 1.16. The quantitative estimate of drug-likeness (QED) is 0.714. The molecule has 1 heterocycles. The molecular formula is C18H23NO3S. The Morgan fingerprint density at radius 3 is 2.48 bits per heavy atom. The highest BCUT2D eigenvalue weighted by Gasteiger charge is 2.39. The number of nitrogens with zero attached hydrogens (tertiary/aromatic N) is 1. The van der Waals surface area contributed by atoms with Crippen molar-refractivity contribution in [2.45, 2.75) is 38.9 Å². The average molecular weight is 333 g/mol. The predicted molar refractivity (Wildman–Crippen MR) is 94.3 cm³/mol. The van der Waals surface area contributed by atoms with Gasteiger partial charge in [-0.05, 0) is 12.5 Å². The maximum Gasteiger partial charge on any atom is 0.267 e. The summed E-state index contributed by atoms with van der Waals surface area (Å²) >= 11 is 1.45. The van der Waals surface area contributed by atoms with Gasteiger partial charge in [0.15, 0.2) is 0 Å². The van der Waals surface area contributed by atoms with Gasteiger partial charge in [0.05, 0.1) is 17.6 Å². The number of ether oxygens (including phenoxy) is 1. The fourth-order valence-electron chi connectivity index (χ4n) is 2.51. The van der Waals surface area contributed by atoms with Crippen molar-refractivity contribution in [1.82, 2.24) is 4.90 Å². The van der Waals surface area contributed by atoms with E-state index in [-0.39, 0.29) is 17.1 Å². The Morgan fingerprint density at radius 2 is 1.87 bits per heavy atom. The Hall–Kier alpha value is -1.75. The molecule has 0 unspecified atom stereocenters. The van der Waals surface area contributed by atoms with E-state index in [0.717, 1.165) is 12.8 Å². The van der Waals surface area contributed by atoms with Crippen LogP contribution in [0.2, 0.25) is 0 Å². The van der Waals surface area contributed by atoms with E-state index in [2.05, 4.69) is 0 Å². The lowest BCUT2D eigenvalue weighted by Crippen LogP contribution is -2.32. The molecule has 0 saturated heterocycles. The largest absolute Gasteiger partial charge is 0.496 e. The number of imide groups is 1. The van der Waals surface area contributed by atoms with Crippen LogP contribution in [0.4, 0.5) is 0 Å². The fourth-order valence-corrected chi connectivity index (χ4v) is 3.50. The third-order valence-corrected chi connectivity index (χ3v) is 4.68. The van der Waals surface area contributed by atoms with Crippen molar-refractivity contribution in [3.05, 3.63) is 34.7 Å². The van der Waals surface area contributed by atoms with Crippen LogP contribution >= 0.6 is 11.8 Å². The molecule has 0 radical (unpaired) electrons. The van der Waals surface area contributed by atoms with Crippen LogP contribution in [0.3, 0.4) is 0 Å². The molecule has 0 saturated carbocycles. The molecule has 0 atom stereocenters. The molecule has 1 aromatic carbocycles. The van der Waals surface area contributed by atoms with Gasteiger partial charge in [-0.3, -0.25) is 14.5 Å². The van der Waals surface area contributed by atoms with E-state index in [0.29, 0.717) is 28.3 Å². The maximum atomic E-state index is 12.9. The first-order chi connectivity index (χ1) is 11.0. The van der Waals surface area contributed by atoms with Crippen LogP contribution in [0.5, 0.6) is 5.75 Å². The third-order valence-electron chi connectivity index (χ3n) is 3.59. The number of hydrogen-bond acceptors (Lipinski definition) is 4. The van der Waals surface area contributed by atoms with Crippen LogP contribution in [-0.2, 0) is 9.59 Å².